The minimum absolute atomic E-state index is 0.0204. The van der Waals surface area contributed by atoms with Gasteiger partial charge in [-0.3, -0.25) is 4.79 Å². The SMILES string of the molecule is BCC(=O)NC(COC(C)C)OC(C)C. The number of hydrogen-bond acceptors (Lipinski definition) is 3. The Balaban J connectivity index is 4.00. The van der Waals surface area contributed by atoms with Gasteiger partial charge in [0, 0.05) is 0 Å². The van der Waals surface area contributed by atoms with Crippen LogP contribution in [0.25, 0.3) is 0 Å². The number of amides is 1. The maximum atomic E-state index is 11.2. The minimum atomic E-state index is -0.347. The van der Waals surface area contributed by atoms with Crippen molar-refractivity contribution in [2.45, 2.75) is 52.5 Å². The zero-order valence-corrected chi connectivity index (χ0v) is 10.4. The highest BCUT2D eigenvalue weighted by Gasteiger charge is 2.14. The molecule has 0 radical (unpaired) electrons. The van der Waals surface area contributed by atoms with E-state index in [1.54, 1.807) is 0 Å². The van der Waals surface area contributed by atoms with Gasteiger partial charge in [-0.2, -0.15) is 0 Å². The van der Waals surface area contributed by atoms with Crippen LogP contribution < -0.4 is 5.32 Å². The molecule has 0 aliphatic heterocycles. The molecule has 0 saturated heterocycles. The van der Waals surface area contributed by atoms with Crippen LogP contribution in [0.4, 0.5) is 0 Å². The van der Waals surface area contributed by atoms with E-state index in [1.165, 1.54) is 0 Å². The van der Waals surface area contributed by atoms with E-state index in [-0.39, 0.29) is 24.3 Å². The highest BCUT2D eigenvalue weighted by Crippen LogP contribution is 1.99. The second kappa shape index (κ2) is 7.71. The first-order chi connectivity index (χ1) is 6.95. The maximum absolute atomic E-state index is 11.2. The van der Waals surface area contributed by atoms with Gasteiger partial charge in [-0.15, -0.1) is 0 Å². The van der Waals surface area contributed by atoms with Gasteiger partial charge in [0.05, 0.1) is 18.8 Å². The molecule has 0 bridgehead atoms. The highest BCUT2D eigenvalue weighted by atomic mass is 16.6. The molecule has 1 unspecified atom stereocenters. The summed E-state index contributed by atoms with van der Waals surface area (Å²) in [6.45, 7) is 8.16. The molecule has 0 aromatic carbocycles. The van der Waals surface area contributed by atoms with Gasteiger partial charge in [0.25, 0.3) is 0 Å². The smallest absolute Gasteiger partial charge is 0.214 e. The van der Waals surface area contributed by atoms with Crippen molar-refractivity contribution in [3.8, 4) is 0 Å². The number of nitrogens with one attached hydrogen (secondary N) is 1. The van der Waals surface area contributed by atoms with Crippen LogP contribution >= 0.6 is 0 Å². The zero-order chi connectivity index (χ0) is 11.8. The van der Waals surface area contributed by atoms with E-state index < -0.39 is 0 Å². The van der Waals surface area contributed by atoms with Gasteiger partial charge in [0.2, 0.25) is 5.91 Å². The van der Waals surface area contributed by atoms with E-state index in [0.717, 1.165) is 0 Å². The van der Waals surface area contributed by atoms with E-state index in [4.69, 9.17) is 9.47 Å². The molecule has 4 nitrogen and oxygen atoms in total. The van der Waals surface area contributed by atoms with Crippen LogP contribution in [0.3, 0.4) is 0 Å². The molecule has 0 aromatic rings. The van der Waals surface area contributed by atoms with Crippen LogP contribution in [0.15, 0.2) is 0 Å². The lowest BCUT2D eigenvalue weighted by Gasteiger charge is -2.22. The molecule has 15 heavy (non-hydrogen) atoms. The van der Waals surface area contributed by atoms with Gasteiger partial charge >= 0.3 is 0 Å². The Kier molecular flexibility index (Phi) is 7.43. The van der Waals surface area contributed by atoms with Crippen LogP contribution in [-0.4, -0.2) is 38.8 Å². The quantitative estimate of drug-likeness (QED) is 0.491. The summed E-state index contributed by atoms with van der Waals surface area (Å²) in [5.41, 5.74) is 0. The second-order valence-corrected chi connectivity index (χ2v) is 3.98. The molecule has 0 spiro atoms. The largest absolute Gasteiger partial charge is 0.374 e. The molecular weight excluding hydrogens is 193 g/mol. The normalized spacial score (nSPS) is 13.2. The van der Waals surface area contributed by atoms with Crippen molar-refractivity contribution in [3.05, 3.63) is 0 Å². The van der Waals surface area contributed by atoms with Crippen LogP contribution in [0.1, 0.15) is 27.7 Å². The van der Waals surface area contributed by atoms with Gasteiger partial charge in [0.15, 0.2) is 6.23 Å². The van der Waals surface area contributed by atoms with Gasteiger partial charge in [-0.25, -0.2) is 0 Å². The Hall–Kier alpha value is -0.545. The average Bonchev–Trinajstić information content (AvgIpc) is 2.13. The molecule has 0 aliphatic rings. The molecule has 0 saturated carbocycles. The Morgan fingerprint density at radius 2 is 1.87 bits per heavy atom. The monoisotopic (exact) mass is 215 g/mol. The summed E-state index contributed by atoms with van der Waals surface area (Å²) < 4.78 is 10.9. The summed E-state index contributed by atoms with van der Waals surface area (Å²) in [6.07, 6.45) is 0.323. The molecule has 0 heterocycles. The maximum Gasteiger partial charge on any atom is 0.214 e. The Morgan fingerprint density at radius 1 is 1.27 bits per heavy atom. The van der Waals surface area contributed by atoms with E-state index in [1.807, 2.05) is 35.5 Å². The topological polar surface area (TPSA) is 47.6 Å². The van der Waals surface area contributed by atoms with Crippen molar-refractivity contribution < 1.29 is 14.3 Å². The standard InChI is InChI=1S/C10H22BNO3/c1-7(2)14-6-10(15-8(3)4)12-9(13)5-11/h7-8,10H,5-6,11H2,1-4H3,(H,12,13). The van der Waals surface area contributed by atoms with Gasteiger partial charge in [0.1, 0.15) is 7.85 Å². The molecule has 1 N–H and O–H groups in total. The Morgan fingerprint density at radius 3 is 2.27 bits per heavy atom. The molecular formula is C10H22BNO3. The van der Waals surface area contributed by atoms with Crippen molar-refractivity contribution in [2.75, 3.05) is 6.61 Å². The average molecular weight is 215 g/mol. The first kappa shape index (κ1) is 14.5. The van der Waals surface area contributed by atoms with Gasteiger partial charge in [-0.1, -0.05) is 0 Å². The van der Waals surface area contributed by atoms with Gasteiger partial charge < -0.3 is 14.8 Å². The van der Waals surface area contributed by atoms with E-state index in [9.17, 15) is 4.79 Å². The number of carbonyl (C=O) groups excluding carboxylic acids is 1. The fourth-order valence-corrected chi connectivity index (χ4v) is 1.00. The summed E-state index contributed by atoms with van der Waals surface area (Å²) in [5.74, 6) is -0.0204. The molecule has 1 atom stereocenters. The molecule has 1 amide bonds. The lowest BCUT2D eigenvalue weighted by Crippen LogP contribution is -2.42. The van der Waals surface area contributed by atoms with Crippen molar-refractivity contribution in [1.82, 2.24) is 5.32 Å². The third-order valence-corrected chi connectivity index (χ3v) is 1.66. The van der Waals surface area contributed by atoms with Crippen molar-refractivity contribution in [2.24, 2.45) is 0 Å². The van der Waals surface area contributed by atoms with Crippen molar-refractivity contribution >= 4 is 13.8 Å². The zero-order valence-electron chi connectivity index (χ0n) is 10.4. The number of ether oxygens (including phenoxy) is 2. The van der Waals surface area contributed by atoms with Crippen LogP contribution in [0, 0.1) is 0 Å². The molecule has 0 rings (SSSR count). The molecule has 0 aliphatic carbocycles. The predicted octanol–water partition coefficient (Wildman–Crippen LogP) is 0.330. The fourth-order valence-electron chi connectivity index (χ4n) is 1.00. The van der Waals surface area contributed by atoms with E-state index in [0.29, 0.717) is 12.9 Å². The lowest BCUT2D eigenvalue weighted by atomic mass is 10.1. The first-order valence-corrected chi connectivity index (χ1v) is 5.52. The first-order valence-electron chi connectivity index (χ1n) is 5.52. The van der Waals surface area contributed by atoms with Crippen LogP contribution in [-0.2, 0) is 14.3 Å². The number of carbonyl (C=O) groups is 1. The summed E-state index contributed by atoms with van der Waals surface area (Å²) in [7, 11) is 1.81. The summed E-state index contributed by atoms with van der Waals surface area (Å²) in [5, 5.41) is 2.77. The predicted molar refractivity (Wildman–Crippen MR) is 62.6 cm³/mol. The van der Waals surface area contributed by atoms with E-state index in [2.05, 4.69) is 5.32 Å². The van der Waals surface area contributed by atoms with E-state index >= 15 is 0 Å². The number of hydrogen-bond donors (Lipinski definition) is 1. The molecule has 88 valence electrons. The van der Waals surface area contributed by atoms with Crippen LogP contribution in [0.5, 0.6) is 0 Å². The number of rotatable bonds is 7. The van der Waals surface area contributed by atoms with Crippen LogP contribution in [0.2, 0.25) is 6.32 Å². The fraction of sp³-hybridized carbons (Fsp3) is 0.900. The summed E-state index contributed by atoms with van der Waals surface area (Å²) in [6, 6.07) is 0. The van der Waals surface area contributed by atoms with Crippen molar-refractivity contribution in [3.63, 3.8) is 0 Å². The summed E-state index contributed by atoms with van der Waals surface area (Å²) in [4.78, 5) is 11.2. The summed E-state index contributed by atoms with van der Waals surface area (Å²) >= 11 is 0. The molecule has 0 fully saturated rings. The van der Waals surface area contributed by atoms with Gasteiger partial charge in [-0.05, 0) is 34.0 Å². The third kappa shape index (κ3) is 8.45. The molecule has 0 aromatic heterocycles. The Labute approximate surface area is 93.1 Å². The third-order valence-electron chi connectivity index (χ3n) is 1.66. The Bertz CT molecular complexity index is 186. The minimum Gasteiger partial charge on any atom is -0.374 e. The van der Waals surface area contributed by atoms with Crippen molar-refractivity contribution in [1.29, 1.82) is 0 Å². The lowest BCUT2D eigenvalue weighted by molar-refractivity contribution is -0.129. The second-order valence-electron chi connectivity index (χ2n) is 3.98. The highest BCUT2D eigenvalue weighted by molar-refractivity contribution is 6.19. The molecule has 5 heteroatoms.